The zero-order chi connectivity index (χ0) is 29.4. The first kappa shape index (κ1) is 24.9. The SMILES string of the molecule is CB(Nc1cccc2cccnc12)N1/C2=N\c3c4ccccc4c(n3C)/N=C3\N=C(NC1c1ccccc12)c1ccccc13. The fourth-order valence-corrected chi connectivity index (χ4v) is 6.78. The van der Waals surface area contributed by atoms with Crippen LogP contribution in [0.3, 0.4) is 0 Å². The summed E-state index contributed by atoms with van der Waals surface area (Å²) in [4.78, 5) is 22.8. The first-order valence-electron chi connectivity index (χ1n) is 14.8. The van der Waals surface area contributed by atoms with Crippen LogP contribution in [0, 0.1) is 0 Å². The first-order valence-corrected chi connectivity index (χ1v) is 14.8. The number of anilines is 1. The third-order valence-electron chi connectivity index (χ3n) is 8.82. The molecule has 0 spiro atoms. The van der Waals surface area contributed by atoms with E-state index in [1.54, 1.807) is 0 Å². The van der Waals surface area contributed by atoms with Gasteiger partial charge in [0.05, 0.1) is 11.2 Å². The van der Waals surface area contributed by atoms with Crippen molar-refractivity contribution in [3.05, 3.63) is 132 Å². The molecule has 0 radical (unpaired) electrons. The van der Waals surface area contributed by atoms with Crippen molar-refractivity contribution in [3.63, 3.8) is 0 Å². The van der Waals surface area contributed by atoms with Crippen molar-refractivity contribution in [1.29, 1.82) is 0 Å². The number of hydrogen-bond donors (Lipinski definition) is 2. The van der Waals surface area contributed by atoms with Gasteiger partial charge in [-0.1, -0.05) is 91.0 Å². The van der Waals surface area contributed by atoms with E-state index in [2.05, 4.69) is 118 Å². The molecule has 0 amide bonds. The summed E-state index contributed by atoms with van der Waals surface area (Å²) in [5.74, 6) is 4.05. The Kier molecular flexibility index (Phi) is 5.31. The summed E-state index contributed by atoms with van der Waals surface area (Å²) in [5, 5.41) is 10.8. The van der Waals surface area contributed by atoms with Gasteiger partial charge in [-0.15, -0.1) is 0 Å². The molecule has 0 saturated carbocycles. The second kappa shape index (κ2) is 9.41. The molecule has 9 heteroatoms. The Morgan fingerprint density at radius 1 is 0.727 bits per heavy atom. The van der Waals surface area contributed by atoms with Gasteiger partial charge < -0.3 is 19.9 Å². The smallest absolute Gasteiger partial charge is 0.372 e. The molecule has 8 nitrogen and oxygen atoms in total. The molecule has 4 aromatic carbocycles. The second-order valence-electron chi connectivity index (χ2n) is 11.4. The number of rotatable bonds is 3. The van der Waals surface area contributed by atoms with Crippen molar-refractivity contribution in [2.24, 2.45) is 22.0 Å². The highest BCUT2D eigenvalue weighted by atomic mass is 15.3. The van der Waals surface area contributed by atoms with Crippen LogP contribution in [0.2, 0.25) is 6.82 Å². The topological polar surface area (TPSA) is 82.2 Å². The summed E-state index contributed by atoms with van der Waals surface area (Å²) in [5.41, 5.74) is 6.16. The van der Waals surface area contributed by atoms with Crippen molar-refractivity contribution in [1.82, 2.24) is 19.7 Å². The van der Waals surface area contributed by atoms with Gasteiger partial charge in [0.25, 0.3) is 0 Å². The molecule has 6 bridgehead atoms. The molecule has 3 aliphatic rings. The van der Waals surface area contributed by atoms with Crippen LogP contribution in [-0.4, -0.2) is 38.9 Å². The van der Waals surface area contributed by atoms with Crippen LogP contribution in [0.4, 0.5) is 17.3 Å². The lowest BCUT2D eigenvalue weighted by Crippen LogP contribution is -2.50. The van der Waals surface area contributed by atoms with Gasteiger partial charge in [-0.05, 0) is 19.0 Å². The van der Waals surface area contributed by atoms with E-state index >= 15 is 0 Å². The highest BCUT2D eigenvalue weighted by Gasteiger charge is 2.41. The van der Waals surface area contributed by atoms with E-state index in [4.69, 9.17) is 20.0 Å². The van der Waals surface area contributed by atoms with Gasteiger partial charge in [-0.3, -0.25) is 4.98 Å². The number of pyridine rings is 1. The molecule has 3 aliphatic heterocycles. The quantitative estimate of drug-likeness (QED) is 0.230. The van der Waals surface area contributed by atoms with Crippen LogP contribution in [-0.2, 0) is 7.05 Å². The predicted octanol–water partition coefficient (Wildman–Crippen LogP) is 6.79. The van der Waals surface area contributed by atoms with Crippen molar-refractivity contribution >= 4 is 63.5 Å². The highest BCUT2D eigenvalue weighted by molar-refractivity contribution is 6.62. The van der Waals surface area contributed by atoms with Crippen LogP contribution in [0.1, 0.15) is 28.4 Å². The van der Waals surface area contributed by atoms with Gasteiger partial charge >= 0.3 is 6.98 Å². The monoisotopic (exact) mass is 570 g/mol. The molecule has 210 valence electrons. The third kappa shape index (κ3) is 3.59. The van der Waals surface area contributed by atoms with Gasteiger partial charge in [-0.25, -0.2) is 15.0 Å². The zero-order valence-corrected chi connectivity index (χ0v) is 24.2. The first-order chi connectivity index (χ1) is 21.7. The summed E-state index contributed by atoms with van der Waals surface area (Å²) in [6, 6.07) is 35.5. The largest absolute Gasteiger partial charge is 0.408 e. The molecule has 2 aromatic heterocycles. The van der Waals surface area contributed by atoms with Gasteiger partial charge in [-0.2, -0.15) is 0 Å². The van der Waals surface area contributed by atoms with E-state index in [9.17, 15) is 0 Å². The molecular weight excluding hydrogens is 543 g/mol. The van der Waals surface area contributed by atoms with Crippen LogP contribution in [0.15, 0.2) is 124 Å². The minimum absolute atomic E-state index is 0.175. The molecule has 1 unspecified atom stereocenters. The van der Waals surface area contributed by atoms with Gasteiger partial charge in [0.2, 0.25) is 0 Å². The molecule has 44 heavy (non-hydrogen) atoms. The zero-order valence-electron chi connectivity index (χ0n) is 24.2. The standard InChI is InChI=1S/C35H27BN8/c1-36(42-28-19-9-11-21-12-10-20-37-29(21)28)44-34-26-17-7-8-18-27(26)35(44)41-33-25-16-6-5-15-24(25)32(43(33)2)39-30-22-13-3-4-14-23(22)31(38-30)40-34/h3-20,34,42H,1-2H3,(H,38,39,40)/b41-35-. The minimum Gasteiger partial charge on any atom is -0.408 e. The summed E-state index contributed by atoms with van der Waals surface area (Å²) in [6.45, 7) is 2.00. The maximum Gasteiger partial charge on any atom is 0.372 e. The van der Waals surface area contributed by atoms with E-state index in [-0.39, 0.29) is 13.1 Å². The maximum atomic E-state index is 5.48. The van der Waals surface area contributed by atoms with Crippen molar-refractivity contribution < 1.29 is 0 Å². The molecule has 2 N–H and O–H groups in total. The molecule has 0 saturated heterocycles. The summed E-state index contributed by atoms with van der Waals surface area (Å²) in [7, 11) is 2.04. The summed E-state index contributed by atoms with van der Waals surface area (Å²) in [6.07, 6.45) is 1.60. The second-order valence-corrected chi connectivity index (χ2v) is 11.4. The minimum atomic E-state index is -0.244. The van der Waals surface area contributed by atoms with Crippen molar-refractivity contribution in [2.75, 3.05) is 5.23 Å². The van der Waals surface area contributed by atoms with Gasteiger partial charge in [0.1, 0.15) is 29.5 Å². The number of benzene rings is 4. The molecule has 9 rings (SSSR count). The van der Waals surface area contributed by atoms with Crippen LogP contribution < -0.4 is 10.5 Å². The Bertz CT molecular complexity index is 2240. The predicted molar refractivity (Wildman–Crippen MR) is 179 cm³/mol. The van der Waals surface area contributed by atoms with E-state index in [0.717, 1.165) is 72.9 Å². The number of aromatic nitrogens is 2. The van der Waals surface area contributed by atoms with Gasteiger partial charge in [0.15, 0.2) is 5.84 Å². The Morgan fingerprint density at radius 2 is 1.43 bits per heavy atom. The van der Waals surface area contributed by atoms with E-state index < -0.39 is 0 Å². The number of fused-ring (bicyclic) bond motifs is 15. The van der Waals surface area contributed by atoms with E-state index in [0.29, 0.717) is 5.84 Å². The lowest BCUT2D eigenvalue weighted by Gasteiger charge is -2.33. The Morgan fingerprint density at radius 3 is 2.27 bits per heavy atom. The maximum absolute atomic E-state index is 5.48. The summed E-state index contributed by atoms with van der Waals surface area (Å²) >= 11 is 0. The number of nitrogens with one attached hydrogen (secondary N) is 2. The molecule has 5 heterocycles. The molecule has 0 aliphatic carbocycles. The van der Waals surface area contributed by atoms with Crippen molar-refractivity contribution in [3.8, 4) is 0 Å². The summed E-state index contributed by atoms with van der Waals surface area (Å²) < 4.78 is 2.09. The lowest BCUT2D eigenvalue weighted by molar-refractivity contribution is 0.456. The Balaban J connectivity index is 1.30. The van der Waals surface area contributed by atoms with Crippen LogP contribution in [0.5, 0.6) is 0 Å². The number of para-hydroxylation sites is 1. The van der Waals surface area contributed by atoms with Crippen molar-refractivity contribution in [2.45, 2.75) is 13.0 Å². The Labute approximate surface area is 254 Å². The highest BCUT2D eigenvalue weighted by Crippen LogP contribution is 2.42. The number of amidine groups is 3. The number of aliphatic imine (C=N–C) groups is 3. The fourth-order valence-electron chi connectivity index (χ4n) is 6.78. The average Bonchev–Trinajstić information content (AvgIpc) is 3.66. The van der Waals surface area contributed by atoms with Gasteiger partial charge in [0, 0.05) is 51.7 Å². The Hall–Kier alpha value is -5.70. The average molecular weight is 570 g/mol. The molecular formula is C35H27BN8. The molecule has 6 aromatic rings. The lowest BCUT2D eigenvalue weighted by atomic mass is 9.76. The van der Waals surface area contributed by atoms with Crippen LogP contribution in [0.25, 0.3) is 21.7 Å². The van der Waals surface area contributed by atoms with E-state index in [1.165, 1.54) is 0 Å². The fraction of sp³-hybridized carbons (Fsp3) is 0.0857. The normalized spacial score (nSPS) is 18.6. The molecule has 0 fully saturated rings. The third-order valence-corrected chi connectivity index (χ3v) is 8.82. The molecule has 1 atom stereocenters. The van der Waals surface area contributed by atoms with E-state index in [1.807, 2.05) is 25.4 Å². The van der Waals surface area contributed by atoms with Crippen LogP contribution >= 0.6 is 0 Å². The number of nitrogens with zero attached hydrogens (tertiary/aromatic N) is 6. The number of hydrogen-bond acceptors (Lipinski definition) is 7.